The minimum absolute atomic E-state index is 0. The van der Waals surface area contributed by atoms with Crippen molar-refractivity contribution in [3.05, 3.63) is 103 Å². The number of aryl methyl sites for hydroxylation is 2. The Bertz CT molecular complexity index is 1320. The van der Waals surface area contributed by atoms with E-state index < -0.39 is 0 Å². The second-order valence-electron chi connectivity index (χ2n) is 7.15. The van der Waals surface area contributed by atoms with Crippen LogP contribution in [0, 0.1) is 25.1 Å². The summed E-state index contributed by atoms with van der Waals surface area (Å²) in [6.07, 6.45) is 2.13. The molecule has 0 aliphatic heterocycles. The van der Waals surface area contributed by atoms with Gasteiger partial charge in [-0.1, -0.05) is 58.3 Å². The van der Waals surface area contributed by atoms with Gasteiger partial charge in [0.05, 0.1) is 0 Å². The van der Waals surface area contributed by atoms with E-state index in [1.165, 1.54) is 21.7 Å². The summed E-state index contributed by atoms with van der Waals surface area (Å²) >= 11 is 0. The quantitative estimate of drug-likeness (QED) is 0.150. The second-order valence-corrected chi connectivity index (χ2v) is 7.15. The zero-order chi connectivity index (χ0) is 19.1. The van der Waals surface area contributed by atoms with Crippen LogP contribution in [0.1, 0.15) is 5.56 Å². The van der Waals surface area contributed by atoms with E-state index in [0.717, 1.165) is 27.8 Å². The van der Waals surface area contributed by atoms with E-state index in [2.05, 4.69) is 97.5 Å². The summed E-state index contributed by atoms with van der Waals surface area (Å²) in [7, 11) is 2.09. The van der Waals surface area contributed by atoms with Crippen molar-refractivity contribution in [2.75, 3.05) is 0 Å². The van der Waals surface area contributed by atoms with Crippen LogP contribution in [-0.2, 0) is 28.1 Å². The van der Waals surface area contributed by atoms with Crippen LogP contribution in [0.15, 0.2) is 79.0 Å². The molecule has 4 aromatic carbocycles. The van der Waals surface area contributed by atoms with Gasteiger partial charge in [0.1, 0.15) is 12.7 Å². The van der Waals surface area contributed by atoms with Crippen molar-refractivity contribution < 1.29 is 25.6 Å². The van der Waals surface area contributed by atoms with Gasteiger partial charge in [-0.2, -0.15) is 42.0 Å². The Labute approximate surface area is 185 Å². The van der Waals surface area contributed by atoms with E-state index in [-0.39, 0.29) is 21.1 Å². The average molecular weight is 541 g/mol. The molecule has 0 saturated heterocycles. The number of nitrogens with zero attached hydrogens (tertiary/aromatic N) is 1. The molecule has 0 radical (unpaired) electrons. The Morgan fingerprint density at radius 3 is 2.45 bits per heavy atom. The zero-order valence-corrected chi connectivity index (χ0v) is 19.3. The monoisotopic (exact) mass is 541 g/mol. The molecule has 0 saturated carbocycles. The van der Waals surface area contributed by atoms with Crippen LogP contribution in [0.25, 0.3) is 43.9 Å². The molecule has 0 fully saturated rings. The maximum atomic E-state index is 3.65. The van der Waals surface area contributed by atoms with Crippen LogP contribution in [0.4, 0.5) is 0 Å². The molecule has 29 heavy (non-hydrogen) atoms. The maximum absolute atomic E-state index is 3.65. The Morgan fingerprint density at radius 1 is 0.793 bits per heavy atom. The molecule has 0 unspecified atom stereocenters. The summed E-state index contributed by atoms with van der Waals surface area (Å²) in [4.78, 5) is 0. The molecule has 2 heteroatoms. The van der Waals surface area contributed by atoms with Crippen molar-refractivity contribution in [3.63, 3.8) is 0 Å². The number of fused-ring (bicyclic) bond motifs is 3. The molecule has 0 amide bonds. The van der Waals surface area contributed by atoms with Gasteiger partial charge in [-0.15, -0.1) is 29.8 Å². The fourth-order valence-electron chi connectivity index (χ4n) is 3.87. The van der Waals surface area contributed by atoms with Crippen molar-refractivity contribution in [1.82, 2.24) is 0 Å². The SMILES string of the molecule is Cc1ccc(-c2[c-]cccc2)[c-]c1-c1c2[c-]cc3ccccc3c2cc[n+]1C.[W]. The summed E-state index contributed by atoms with van der Waals surface area (Å²) in [6, 6.07) is 35.6. The van der Waals surface area contributed by atoms with Crippen molar-refractivity contribution in [2.24, 2.45) is 7.05 Å². The molecule has 0 aliphatic rings. The summed E-state index contributed by atoms with van der Waals surface area (Å²) in [6.45, 7) is 2.14. The molecule has 1 heterocycles. The van der Waals surface area contributed by atoms with Crippen LogP contribution in [0.2, 0.25) is 0 Å². The third kappa shape index (κ3) is 3.41. The molecular weight excluding hydrogens is 522 g/mol. The van der Waals surface area contributed by atoms with E-state index in [4.69, 9.17) is 0 Å². The standard InChI is InChI=1S/C27H19N.W/c1-19-12-13-22(20-8-4-3-5-9-20)18-26(19)27-25-15-14-21-10-6-7-11-23(21)24(25)16-17-28(27)2;/h3-8,10-14,16-17H,1-2H3;/q-2;. The van der Waals surface area contributed by atoms with Crippen molar-refractivity contribution >= 4 is 21.5 Å². The topological polar surface area (TPSA) is 3.88 Å². The summed E-state index contributed by atoms with van der Waals surface area (Å²) < 4.78 is 2.17. The Morgan fingerprint density at radius 2 is 1.62 bits per heavy atom. The third-order valence-corrected chi connectivity index (χ3v) is 5.34. The van der Waals surface area contributed by atoms with Crippen molar-refractivity contribution in [2.45, 2.75) is 6.92 Å². The first kappa shape index (κ1) is 19.6. The first-order chi connectivity index (χ1) is 13.7. The molecule has 0 atom stereocenters. The fraction of sp³-hybridized carbons (Fsp3) is 0.0741. The Balaban J connectivity index is 0.00000205. The molecule has 0 N–H and O–H groups in total. The predicted octanol–water partition coefficient (Wildman–Crippen LogP) is 5.86. The second kappa shape index (κ2) is 7.93. The smallest absolute Gasteiger partial charge is 0.151 e. The first-order valence-corrected chi connectivity index (χ1v) is 9.44. The van der Waals surface area contributed by atoms with E-state index in [1.807, 2.05) is 18.2 Å². The predicted molar refractivity (Wildman–Crippen MR) is 115 cm³/mol. The van der Waals surface area contributed by atoms with Gasteiger partial charge >= 0.3 is 0 Å². The summed E-state index contributed by atoms with van der Waals surface area (Å²) in [5, 5.41) is 4.80. The van der Waals surface area contributed by atoms with Gasteiger partial charge in [0.25, 0.3) is 0 Å². The first-order valence-electron chi connectivity index (χ1n) is 9.44. The molecule has 0 bridgehead atoms. The van der Waals surface area contributed by atoms with E-state index >= 15 is 0 Å². The van der Waals surface area contributed by atoms with Gasteiger partial charge in [0.2, 0.25) is 0 Å². The Kier molecular flexibility index (Phi) is 5.35. The minimum Gasteiger partial charge on any atom is -0.243 e. The molecule has 1 nitrogen and oxygen atoms in total. The molecule has 1 aromatic heterocycles. The molecule has 0 spiro atoms. The van der Waals surface area contributed by atoms with Gasteiger partial charge in [0, 0.05) is 21.1 Å². The number of hydrogen-bond acceptors (Lipinski definition) is 0. The molecule has 140 valence electrons. The van der Waals surface area contributed by atoms with Crippen molar-refractivity contribution in [3.8, 4) is 22.4 Å². The zero-order valence-electron chi connectivity index (χ0n) is 16.4. The van der Waals surface area contributed by atoms with E-state index in [0.29, 0.717) is 0 Å². The Hall–Kier alpha value is -2.76. The van der Waals surface area contributed by atoms with Crippen LogP contribution in [-0.4, -0.2) is 0 Å². The summed E-state index contributed by atoms with van der Waals surface area (Å²) in [5.74, 6) is 0. The van der Waals surface area contributed by atoms with Gasteiger partial charge in [-0.3, -0.25) is 0 Å². The number of rotatable bonds is 2. The molecular formula is C27H19NW-2. The fourth-order valence-corrected chi connectivity index (χ4v) is 3.87. The van der Waals surface area contributed by atoms with E-state index in [1.54, 1.807) is 0 Å². The van der Waals surface area contributed by atoms with Gasteiger partial charge in [0.15, 0.2) is 6.20 Å². The molecule has 5 aromatic rings. The van der Waals surface area contributed by atoms with E-state index in [9.17, 15) is 0 Å². The van der Waals surface area contributed by atoms with Crippen LogP contribution >= 0.6 is 0 Å². The van der Waals surface area contributed by atoms with Crippen LogP contribution in [0.3, 0.4) is 0 Å². The number of benzene rings is 4. The van der Waals surface area contributed by atoms with Gasteiger partial charge < -0.3 is 0 Å². The van der Waals surface area contributed by atoms with Crippen LogP contribution in [0.5, 0.6) is 0 Å². The average Bonchev–Trinajstić information content (AvgIpc) is 2.75. The third-order valence-electron chi connectivity index (χ3n) is 5.34. The number of hydrogen-bond donors (Lipinski definition) is 0. The van der Waals surface area contributed by atoms with Crippen molar-refractivity contribution in [1.29, 1.82) is 0 Å². The minimum atomic E-state index is 0. The normalized spacial score (nSPS) is 10.8. The molecule has 5 rings (SSSR count). The largest absolute Gasteiger partial charge is 0.243 e. The van der Waals surface area contributed by atoms with Gasteiger partial charge in [-0.25, -0.2) is 10.1 Å². The van der Waals surface area contributed by atoms with Gasteiger partial charge in [-0.05, 0) is 6.07 Å². The molecule has 0 aliphatic carbocycles. The maximum Gasteiger partial charge on any atom is 0.151 e. The summed E-state index contributed by atoms with van der Waals surface area (Å²) in [5.41, 5.74) is 5.55. The number of pyridine rings is 1. The van der Waals surface area contributed by atoms with Crippen LogP contribution < -0.4 is 4.57 Å². The number of aromatic nitrogens is 1.